The lowest BCUT2D eigenvalue weighted by atomic mass is 9.98. The molecule has 0 aliphatic carbocycles. The first-order valence-electron chi connectivity index (χ1n) is 7.64. The molecule has 4 nitrogen and oxygen atoms in total. The summed E-state index contributed by atoms with van der Waals surface area (Å²) >= 11 is 3.74. The number of rotatable bonds is 4. The number of fused-ring (bicyclic) bond motifs is 1. The van der Waals surface area contributed by atoms with E-state index in [0.29, 0.717) is 11.8 Å². The Kier molecular flexibility index (Phi) is 4.29. The fraction of sp³-hybridized carbons (Fsp3) is 0.500. The fourth-order valence-corrected chi connectivity index (χ4v) is 3.80. The minimum absolute atomic E-state index is 0.446. The predicted molar refractivity (Wildman–Crippen MR) is 88.7 cm³/mol. The van der Waals surface area contributed by atoms with E-state index in [1.807, 2.05) is 12.4 Å². The highest BCUT2D eigenvalue weighted by Gasteiger charge is 2.26. The molecule has 2 aromatic rings. The third-order valence-corrected chi connectivity index (χ3v) is 5.16. The Balaban J connectivity index is 1.88. The summed E-state index contributed by atoms with van der Waals surface area (Å²) < 4.78 is 3.26. The summed E-state index contributed by atoms with van der Waals surface area (Å²) in [4.78, 5) is 4.10. The van der Waals surface area contributed by atoms with Crippen molar-refractivity contribution in [3.8, 4) is 0 Å². The van der Waals surface area contributed by atoms with E-state index < -0.39 is 0 Å². The van der Waals surface area contributed by atoms with E-state index in [1.165, 1.54) is 11.3 Å². The number of halogens is 1. The molecule has 0 fully saturated rings. The number of nitrogens with zero attached hydrogens (tertiary/aromatic N) is 3. The van der Waals surface area contributed by atoms with E-state index in [9.17, 15) is 0 Å². The van der Waals surface area contributed by atoms with Gasteiger partial charge in [-0.1, -0.05) is 13.8 Å². The second-order valence-electron chi connectivity index (χ2n) is 5.60. The van der Waals surface area contributed by atoms with Gasteiger partial charge in [-0.25, -0.2) is 4.68 Å². The number of hydrogen-bond donors (Lipinski definition) is 1. The van der Waals surface area contributed by atoms with Crippen LogP contribution >= 0.6 is 15.9 Å². The maximum Gasteiger partial charge on any atom is 0.139 e. The normalized spacial score (nSPS) is 17.6. The minimum Gasteiger partial charge on any atom is -0.369 e. The van der Waals surface area contributed by atoms with Crippen molar-refractivity contribution in [1.82, 2.24) is 14.8 Å². The number of pyridine rings is 1. The SMILES string of the molecule is CCC(CC)c1nn2c(c1Br)NCC(c1ccncc1)C2. The topological polar surface area (TPSA) is 42.7 Å². The fourth-order valence-electron chi connectivity index (χ4n) is 3.05. The Morgan fingerprint density at radius 3 is 2.71 bits per heavy atom. The van der Waals surface area contributed by atoms with Crippen LogP contribution in [-0.2, 0) is 6.54 Å². The summed E-state index contributed by atoms with van der Waals surface area (Å²) in [6.45, 7) is 6.32. The van der Waals surface area contributed by atoms with Crippen molar-refractivity contribution in [1.29, 1.82) is 0 Å². The zero-order valence-corrected chi connectivity index (χ0v) is 14.1. The van der Waals surface area contributed by atoms with E-state index in [-0.39, 0.29) is 0 Å². The Hall–Kier alpha value is -1.36. The number of nitrogens with one attached hydrogen (secondary N) is 1. The molecule has 1 aliphatic rings. The lowest BCUT2D eigenvalue weighted by Gasteiger charge is -2.25. The molecule has 1 N–H and O–H groups in total. The third kappa shape index (κ3) is 2.71. The molecule has 0 aromatic carbocycles. The minimum atomic E-state index is 0.446. The lowest BCUT2D eigenvalue weighted by molar-refractivity contribution is 0.493. The van der Waals surface area contributed by atoms with Crippen molar-refractivity contribution in [3.63, 3.8) is 0 Å². The van der Waals surface area contributed by atoms with Crippen molar-refractivity contribution in [2.45, 2.75) is 45.1 Å². The van der Waals surface area contributed by atoms with Crippen LogP contribution in [0.1, 0.15) is 49.8 Å². The molecule has 0 saturated heterocycles. The molecule has 0 spiro atoms. The Bertz CT molecular complexity index is 604. The molecule has 112 valence electrons. The first kappa shape index (κ1) is 14.6. The van der Waals surface area contributed by atoms with Gasteiger partial charge in [0.25, 0.3) is 0 Å². The molecule has 21 heavy (non-hydrogen) atoms. The number of anilines is 1. The second-order valence-corrected chi connectivity index (χ2v) is 6.39. The third-order valence-electron chi connectivity index (χ3n) is 4.38. The predicted octanol–water partition coefficient (Wildman–Crippen LogP) is 4.15. The molecule has 0 radical (unpaired) electrons. The molecule has 2 aromatic heterocycles. The monoisotopic (exact) mass is 348 g/mol. The summed E-state index contributed by atoms with van der Waals surface area (Å²) in [6, 6.07) is 4.19. The summed E-state index contributed by atoms with van der Waals surface area (Å²) in [7, 11) is 0. The standard InChI is InChI=1S/C16H21BrN4/c1-3-11(4-2)15-14(17)16-19-9-13(10-21(16)20-15)12-5-7-18-8-6-12/h5-8,11,13,19H,3-4,9-10H2,1-2H3. The van der Waals surface area contributed by atoms with Crippen LogP contribution in [0.5, 0.6) is 0 Å². The first-order valence-corrected chi connectivity index (χ1v) is 8.43. The van der Waals surface area contributed by atoms with Gasteiger partial charge in [0.2, 0.25) is 0 Å². The summed E-state index contributed by atoms with van der Waals surface area (Å²) in [5, 5.41) is 8.40. The Morgan fingerprint density at radius 1 is 1.33 bits per heavy atom. The van der Waals surface area contributed by atoms with Crippen molar-refractivity contribution >= 4 is 21.7 Å². The molecule has 1 atom stereocenters. The van der Waals surface area contributed by atoms with Gasteiger partial charge in [-0.2, -0.15) is 5.10 Å². The van der Waals surface area contributed by atoms with Crippen molar-refractivity contribution < 1.29 is 0 Å². The average Bonchev–Trinajstić information content (AvgIpc) is 2.86. The molecule has 0 bridgehead atoms. The number of aromatic nitrogens is 3. The van der Waals surface area contributed by atoms with Crippen LogP contribution in [-0.4, -0.2) is 21.3 Å². The highest BCUT2D eigenvalue weighted by molar-refractivity contribution is 9.10. The van der Waals surface area contributed by atoms with Crippen molar-refractivity contribution in [3.05, 3.63) is 40.3 Å². The van der Waals surface area contributed by atoms with Gasteiger partial charge in [0, 0.05) is 30.8 Å². The largest absolute Gasteiger partial charge is 0.369 e. The zero-order valence-electron chi connectivity index (χ0n) is 12.5. The maximum absolute atomic E-state index is 4.86. The van der Waals surface area contributed by atoms with Crippen LogP contribution in [0.3, 0.4) is 0 Å². The molecular weight excluding hydrogens is 328 g/mol. The van der Waals surface area contributed by atoms with E-state index in [0.717, 1.165) is 36.2 Å². The van der Waals surface area contributed by atoms with Crippen molar-refractivity contribution in [2.24, 2.45) is 0 Å². The van der Waals surface area contributed by atoms with Gasteiger partial charge in [-0.3, -0.25) is 4.98 Å². The molecule has 3 heterocycles. The molecule has 1 aliphatic heterocycles. The second kappa shape index (κ2) is 6.18. The van der Waals surface area contributed by atoms with E-state index >= 15 is 0 Å². The Morgan fingerprint density at radius 2 is 2.05 bits per heavy atom. The molecule has 0 saturated carbocycles. The van der Waals surface area contributed by atoms with Crippen LogP contribution in [0.25, 0.3) is 0 Å². The van der Waals surface area contributed by atoms with Gasteiger partial charge in [-0.15, -0.1) is 0 Å². The summed E-state index contributed by atoms with van der Waals surface area (Å²) in [5.41, 5.74) is 2.51. The van der Waals surface area contributed by atoms with Gasteiger partial charge < -0.3 is 5.32 Å². The van der Waals surface area contributed by atoms with E-state index in [1.54, 1.807) is 0 Å². The molecule has 0 amide bonds. The highest BCUT2D eigenvalue weighted by atomic mass is 79.9. The molecule has 5 heteroatoms. The van der Waals surface area contributed by atoms with E-state index in [4.69, 9.17) is 5.10 Å². The zero-order chi connectivity index (χ0) is 14.8. The summed E-state index contributed by atoms with van der Waals surface area (Å²) in [6.07, 6.45) is 5.97. The molecule has 3 rings (SSSR count). The van der Waals surface area contributed by atoms with Crippen LogP contribution in [0.4, 0.5) is 5.82 Å². The first-order chi connectivity index (χ1) is 10.2. The van der Waals surface area contributed by atoms with Crippen LogP contribution in [0, 0.1) is 0 Å². The number of hydrogen-bond acceptors (Lipinski definition) is 3. The lowest BCUT2D eigenvalue weighted by Crippen LogP contribution is -2.26. The van der Waals surface area contributed by atoms with Gasteiger partial charge in [0.1, 0.15) is 5.82 Å². The Labute approximate surface area is 134 Å². The van der Waals surface area contributed by atoms with Gasteiger partial charge in [0.15, 0.2) is 0 Å². The van der Waals surface area contributed by atoms with Gasteiger partial charge >= 0.3 is 0 Å². The molecule has 1 unspecified atom stereocenters. The van der Waals surface area contributed by atoms with Crippen molar-refractivity contribution in [2.75, 3.05) is 11.9 Å². The van der Waals surface area contributed by atoms with Crippen LogP contribution in [0.15, 0.2) is 29.0 Å². The quantitative estimate of drug-likeness (QED) is 0.902. The van der Waals surface area contributed by atoms with Gasteiger partial charge in [-0.05, 0) is 46.5 Å². The average molecular weight is 349 g/mol. The van der Waals surface area contributed by atoms with Crippen LogP contribution in [0.2, 0.25) is 0 Å². The van der Waals surface area contributed by atoms with Crippen LogP contribution < -0.4 is 5.32 Å². The smallest absolute Gasteiger partial charge is 0.139 e. The summed E-state index contributed by atoms with van der Waals surface area (Å²) in [5.74, 6) is 2.10. The van der Waals surface area contributed by atoms with Gasteiger partial charge in [0.05, 0.1) is 16.7 Å². The highest BCUT2D eigenvalue weighted by Crippen LogP contribution is 2.37. The molecular formula is C16H21BrN4. The maximum atomic E-state index is 4.86. The van der Waals surface area contributed by atoms with E-state index in [2.05, 4.69) is 56.9 Å².